The van der Waals surface area contributed by atoms with E-state index < -0.39 is 0 Å². The summed E-state index contributed by atoms with van der Waals surface area (Å²) in [6.45, 7) is 3.10. The lowest BCUT2D eigenvalue weighted by Crippen LogP contribution is -2.16. The van der Waals surface area contributed by atoms with Crippen LogP contribution in [0.25, 0.3) is 11.3 Å². The number of nitrogens with zero attached hydrogens (tertiary/aromatic N) is 1. The number of aromatic amines is 1. The third-order valence-electron chi connectivity index (χ3n) is 3.61. The fourth-order valence-corrected chi connectivity index (χ4v) is 2.76. The summed E-state index contributed by atoms with van der Waals surface area (Å²) >= 11 is 5.30. The molecule has 0 saturated carbocycles. The molecule has 1 aromatic carbocycles. The lowest BCUT2D eigenvalue weighted by molar-refractivity contribution is 0.393. The molecule has 2 rings (SSSR count). The standard InChI is InChI=1S/C16H21N3O3S.ClH/c1-10-7-11(14(22-3)9-13(10)21-2)12-8-15(20)18-16(23)19(12)6-4-5-17;/h7-9H,4-6,17H2,1-3H3,(H,18,20,23);1H. The Kier molecular flexibility index (Phi) is 7.47. The third kappa shape index (κ3) is 4.17. The van der Waals surface area contributed by atoms with Gasteiger partial charge in [-0.2, -0.15) is 0 Å². The van der Waals surface area contributed by atoms with Gasteiger partial charge in [0.1, 0.15) is 11.5 Å². The maximum atomic E-state index is 11.9. The number of ether oxygens (including phenoxy) is 2. The molecule has 0 aliphatic rings. The Morgan fingerprint density at radius 2 is 1.88 bits per heavy atom. The molecule has 0 atom stereocenters. The van der Waals surface area contributed by atoms with Gasteiger partial charge in [0.05, 0.1) is 19.9 Å². The van der Waals surface area contributed by atoms with Crippen molar-refractivity contribution in [1.82, 2.24) is 9.55 Å². The summed E-state index contributed by atoms with van der Waals surface area (Å²) in [6, 6.07) is 5.26. The van der Waals surface area contributed by atoms with E-state index in [0.29, 0.717) is 29.3 Å². The fourth-order valence-electron chi connectivity index (χ4n) is 2.47. The van der Waals surface area contributed by atoms with Crippen LogP contribution in [0.4, 0.5) is 0 Å². The second kappa shape index (κ2) is 8.86. The molecule has 0 radical (unpaired) electrons. The van der Waals surface area contributed by atoms with Gasteiger partial charge in [0.2, 0.25) is 0 Å². The molecule has 0 bridgehead atoms. The van der Waals surface area contributed by atoms with E-state index in [-0.39, 0.29) is 18.0 Å². The van der Waals surface area contributed by atoms with Crippen LogP contribution < -0.4 is 20.8 Å². The summed E-state index contributed by atoms with van der Waals surface area (Å²) in [6.07, 6.45) is 0.755. The monoisotopic (exact) mass is 371 g/mol. The first-order chi connectivity index (χ1) is 11.0. The number of nitrogens with two attached hydrogens (primary N) is 1. The minimum Gasteiger partial charge on any atom is -0.496 e. The second-order valence-corrected chi connectivity index (χ2v) is 5.53. The first kappa shape index (κ1) is 20.2. The minimum atomic E-state index is -0.246. The molecule has 0 fully saturated rings. The van der Waals surface area contributed by atoms with Gasteiger partial charge >= 0.3 is 0 Å². The van der Waals surface area contributed by atoms with E-state index in [2.05, 4.69) is 4.98 Å². The van der Waals surface area contributed by atoms with Gasteiger partial charge in [-0.05, 0) is 43.7 Å². The van der Waals surface area contributed by atoms with Crippen molar-refractivity contribution in [2.24, 2.45) is 5.73 Å². The normalized spacial score (nSPS) is 10.2. The number of hydrogen-bond donors (Lipinski definition) is 2. The summed E-state index contributed by atoms with van der Waals surface area (Å²) in [5.74, 6) is 1.34. The highest BCUT2D eigenvalue weighted by molar-refractivity contribution is 7.71. The molecule has 0 amide bonds. The number of rotatable bonds is 6. The number of nitrogens with one attached hydrogen (secondary N) is 1. The van der Waals surface area contributed by atoms with Gasteiger partial charge in [0, 0.05) is 24.2 Å². The molecule has 3 N–H and O–H groups in total. The highest BCUT2D eigenvalue weighted by Gasteiger charge is 2.14. The zero-order valence-corrected chi connectivity index (χ0v) is 15.6. The van der Waals surface area contributed by atoms with Crippen molar-refractivity contribution in [2.75, 3.05) is 20.8 Å². The van der Waals surface area contributed by atoms with Crippen molar-refractivity contribution in [3.8, 4) is 22.8 Å². The van der Waals surface area contributed by atoms with E-state index in [4.69, 9.17) is 27.4 Å². The highest BCUT2D eigenvalue weighted by atomic mass is 35.5. The summed E-state index contributed by atoms with van der Waals surface area (Å²) in [7, 11) is 3.19. The van der Waals surface area contributed by atoms with Crippen LogP contribution in [0.2, 0.25) is 0 Å². The molecule has 132 valence electrons. The molecule has 1 aromatic heterocycles. The van der Waals surface area contributed by atoms with Gasteiger partial charge < -0.3 is 19.8 Å². The van der Waals surface area contributed by atoms with Gasteiger partial charge in [0.15, 0.2) is 4.77 Å². The predicted molar refractivity (Wildman–Crippen MR) is 100 cm³/mol. The van der Waals surface area contributed by atoms with Gasteiger partial charge in [-0.1, -0.05) is 0 Å². The number of halogens is 1. The first-order valence-electron chi connectivity index (χ1n) is 7.29. The Morgan fingerprint density at radius 1 is 1.21 bits per heavy atom. The van der Waals surface area contributed by atoms with Crippen molar-refractivity contribution in [1.29, 1.82) is 0 Å². The number of H-pyrrole nitrogens is 1. The van der Waals surface area contributed by atoms with Crippen LogP contribution in [-0.4, -0.2) is 30.3 Å². The molecule has 0 spiro atoms. The Hall–Kier alpha value is -1.83. The van der Waals surface area contributed by atoms with Crippen LogP contribution in [0.1, 0.15) is 12.0 Å². The van der Waals surface area contributed by atoms with Gasteiger partial charge in [0.25, 0.3) is 5.56 Å². The van der Waals surface area contributed by atoms with Crippen molar-refractivity contribution in [3.63, 3.8) is 0 Å². The topological polar surface area (TPSA) is 82.3 Å². The van der Waals surface area contributed by atoms with E-state index in [1.807, 2.05) is 23.6 Å². The molecule has 0 saturated heterocycles. The van der Waals surface area contributed by atoms with Gasteiger partial charge in [-0.25, -0.2) is 0 Å². The number of hydrogen-bond acceptors (Lipinski definition) is 5. The minimum absolute atomic E-state index is 0. The lowest BCUT2D eigenvalue weighted by atomic mass is 10.1. The molecule has 1 heterocycles. The van der Waals surface area contributed by atoms with Crippen molar-refractivity contribution >= 4 is 24.6 Å². The third-order valence-corrected chi connectivity index (χ3v) is 3.94. The predicted octanol–water partition coefficient (Wildman–Crippen LogP) is 2.67. The molecular weight excluding hydrogens is 350 g/mol. The summed E-state index contributed by atoms with van der Waals surface area (Å²) < 4.78 is 13.0. The van der Waals surface area contributed by atoms with Gasteiger partial charge in [-0.3, -0.25) is 9.78 Å². The van der Waals surface area contributed by atoms with Crippen LogP contribution in [-0.2, 0) is 6.54 Å². The number of benzene rings is 1. The van der Waals surface area contributed by atoms with Crippen LogP contribution in [0, 0.1) is 11.7 Å². The van der Waals surface area contributed by atoms with Crippen molar-refractivity contribution in [3.05, 3.63) is 38.9 Å². The zero-order chi connectivity index (χ0) is 17.0. The molecule has 0 aliphatic carbocycles. The van der Waals surface area contributed by atoms with Crippen molar-refractivity contribution in [2.45, 2.75) is 19.9 Å². The Bertz CT molecular complexity index is 817. The van der Waals surface area contributed by atoms with Crippen LogP contribution >= 0.6 is 24.6 Å². The maximum absolute atomic E-state index is 11.9. The van der Waals surface area contributed by atoms with Crippen molar-refractivity contribution < 1.29 is 9.47 Å². The average molecular weight is 372 g/mol. The van der Waals surface area contributed by atoms with E-state index in [0.717, 1.165) is 23.3 Å². The molecule has 0 aliphatic heterocycles. The lowest BCUT2D eigenvalue weighted by Gasteiger charge is -2.17. The Balaban J connectivity index is 0.00000288. The summed E-state index contributed by atoms with van der Waals surface area (Å²) in [5.41, 5.74) is 7.80. The average Bonchev–Trinajstić information content (AvgIpc) is 2.53. The zero-order valence-electron chi connectivity index (χ0n) is 13.9. The smallest absolute Gasteiger partial charge is 0.252 e. The van der Waals surface area contributed by atoms with Crippen LogP contribution in [0.5, 0.6) is 11.5 Å². The number of aryl methyl sites for hydroxylation is 1. The van der Waals surface area contributed by atoms with E-state index >= 15 is 0 Å². The fraction of sp³-hybridized carbons (Fsp3) is 0.375. The first-order valence-corrected chi connectivity index (χ1v) is 7.69. The number of methoxy groups -OCH3 is 2. The summed E-state index contributed by atoms with van der Waals surface area (Å²) in [5, 5.41) is 0. The van der Waals surface area contributed by atoms with E-state index in [9.17, 15) is 4.79 Å². The molecule has 0 unspecified atom stereocenters. The molecule has 24 heavy (non-hydrogen) atoms. The quantitative estimate of drug-likeness (QED) is 0.763. The molecule has 8 heteroatoms. The maximum Gasteiger partial charge on any atom is 0.252 e. The second-order valence-electron chi connectivity index (χ2n) is 5.14. The molecule has 2 aromatic rings. The van der Waals surface area contributed by atoms with Crippen LogP contribution in [0.15, 0.2) is 23.0 Å². The van der Waals surface area contributed by atoms with Crippen LogP contribution in [0.3, 0.4) is 0 Å². The Morgan fingerprint density at radius 3 is 2.46 bits per heavy atom. The van der Waals surface area contributed by atoms with E-state index in [1.165, 1.54) is 6.07 Å². The SMILES string of the molecule is COc1cc(OC)c(-c2cc(=O)[nH]c(=S)n2CCCN)cc1C.Cl. The molecular formula is C16H22ClN3O3S. The van der Waals surface area contributed by atoms with Gasteiger partial charge in [-0.15, -0.1) is 12.4 Å². The number of aromatic nitrogens is 2. The highest BCUT2D eigenvalue weighted by Crippen LogP contribution is 2.35. The largest absolute Gasteiger partial charge is 0.496 e. The summed E-state index contributed by atoms with van der Waals surface area (Å²) in [4.78, 5) is 14.5. The Labute approximate surface area is 152 Å². The molecule has 6 nitrogen and oxygen atoms in total. The van der Waals surface area contributed by atoms with E-state index in [1.54, 1.807) is 14.2 Å².